The topological polar surface area (TPSA) is 127 Å². The van der Waals surface area contributed by atoms with Gasteiger partial charge in [0.1, 0.15) is 34.5 Å². The fourth-order valence-corrected chi connectivity index (χ4v) is 4.54. The molecule has 0 saturated carbocycles. The van der Waals surface area contributed by atoms with E-state index in [4.69, 9.17) is 14.5 Å². The van der Waals surface area contributed by atoms with Gasteiger partial charge in [-0.15, -0.1) is 0 Å². The van der Waals surface area contributed by atoms with Crippen molar-refractivity contribution in [1.82, 2.24) is 25.3 Å². The number of carbonyl (C=O) groups excluding carboxylic acids is 1. The molecule has 11 nitrogen and oxygen atoms in total. The first-order valence-electron chi connectivity index (χ1n) is 13.5. The quantitative estimate of drug-likeness (QED) is 0.261. The van der Waals surface area contributed by atoms with Gasteiger partial charge in [-0.05, 0) is 83.1 Å². The van der Waals surface area contributed by atoms with Gasteiger partial charge in [0.2, 0.25) is 5.95 Å². The highest BCUT2D eigenvalue weighted by Gasteiger charge is 2.25. The summed E-state index contributed by atoms with van der Waals surface area (Å²) in [6.45, 7) is 12.5. The molecule has 0 spiro atoms. The lowest BCUT2D eigenvalue weighted by atomic mass is 10.1. The van der Waals surface area contributed by atoms with Crippen molar-refractivity contribution in [2.45, 2.75) is 52.2 Å². The number of hydrogen-bond acceptors (Lipinski definition) is 10. The van der Waals surface area contributed by atoms with E-state index >= 15 is 0 Å². The molecule has 0 atom stereocenters. The Morgan fingerprint density at radius 1 is 1.10 bits per heavy atom. The van der Waals surface area contributed by atoms with E-state index < -0.39 is 5.60 Å². The lowest BCUT2D eigenvalue weighted by Crippen LogP contribution is -2.46. The average Bonchev–Trinajstić information content (AvgIpc) is 2.94. The molecule has 1 saturated heterocycles. The van der Waals surface area contributed by atoms with E-state index in [1.165, 1.54) is 6.33 Å². The van der Waals surface area contributed by atoms with Crippen molar-refractivity contribution >= 4 is 47.0 Å². The zero-order valence-corrected chi connectivity index (χ0v) is 23.7. The molecule has 0 bridgehead atoms. The summed E-state index contributed by atoms with van der Waals surface area (Å²) in [6, 6.07) is 13.3. The number of ether oxygens (including phenoxy) is 2. The minimum atomic E-state index is -0.526. The van der Waals surface area contributed by atoms with Crippen molar-refractivity contribution in [2.24, 2.45) is 4.99 Å². The number of anilines is 3. The first-order valence-corrected chi connectivity index (χ1v) is 13.5. The second-order valence-corrected chi connectivity index (χ2v) is 10.9. The van der Waals surface area contributed by atoms with E-state index in [2.05, 4.69) is 42.2 Å². The van der Waals surface area contributed by atoms with Crippen LogP contribution in [0.25, 0.3) is 11.0 Å². The summed E-state index contributed by atoms with van der Waals surface area (Å²) in [4.78, 5) is 36.4. The molecule has 1 fully saturated rings. The van der Waals surface area contributed by atoms with Crippen LogP contribution in [0.4, 0.5) is 27.9 Å². The van der Waals surface area contributed by atoms with Crippen molar-refractivity contribution in [3.05, 3.63) is 60.6 Å². The zero-order chi connectivity index (χ0) is 29.0. The Balaban J connectivity index is 1.27. The Hall–Kier alpha value is -4.80. The van der Waals surface area contributed by atoms with Gasteiger partial charge in [-0.25, -0.2) is 24.7 Å². The van der Waals surface area contributed by atoms with Gasteiger partial charge in [-0.3, -0.25) is 4.99 Å². The van der Waals surface area contributed by atoms with E-state index in [0.717, 1.165) is 35.5 Å². The first-order chi connectivity index (χ1) is 19.7. The molecule has 2 aromatic carbocycles. The van der Waals surface area contributed by atoms with Crippen molar-refractivity contribution in [1.29, 1.82) is 0 Å². The lowest BCUT2D eigenvalue weighted by Gasteiger charge is -2.32. The van der Waals surface area contributed by atoms with Gasteiger partial charge in [0.25, 0.3) is 0 Å². The molecular formula is C30H34N8O3. The van der Waals surface area contributed by atoms with Gasteiger partial charge >= 0.3 is 6.09 Å². The minimum Gasteiger partial charge on any atom is -0.457 e. The Kier molecular flexibility index (Phi) is 7.95. The normalized spacial score (nSPS) is 14.0. The maximum absolute atomic E-state index is 12.2. The number of alkyl carbamates (subject to hydrolysis) is 1. The number of rotatable bonds is 7. The number of aryl methyl sites for hydroxylation is 1. The van der Waals surface area contributed by atoms with Gasteiger partial charge in [-0.2, -0.15) is 0 Å². The highest BCUT2D eigenvalue weighted by molar-refractivity contribution is 5.87. The number of aromatic nitrogens is 4. The molecule has 4 aromatic rings. The van der Waals surface area contributed by atoms with Gasteiger partial charge in [0, 0.05) is 30.9 Å². The third kappa shape index (κ3) is 7.05. The van der Waals surface area contributed by atoms with E-state index in [1.807, 2.05) is 70.2 Å². The number of piperidine rings is 1. The standard InChI is InChI=1S/C30H34N8O3/c1-19-15-22(9-10-25(19)40-23-8-6-7-21(16-23)31-5)35-27-26-24(33-18-34-27)17-32-28(37-26)38-13-11-20(12-14-38)36-29(39)41-30(2,3)4/h6-10,15-18,20H,5,11-14H2,1-4H3,(H,36,39)(H,33,34,35). The second kappa shape index (κ2) is 11.7. The summed E-state index contributed by atoms with van der Waals surface area (Å²) < 4.78 is 11.5. The van der Waals surface area contributed by atoms with Crippen LogP contribution in [0.2, 0.25) is 0 Å². The van der Waals surface area contributed by atoms with Crippen LogP contribution >= 0.6 is 0 Å². The van der Waals surface area contributed by atoms with E-state index in [1.54, 1.807) is 6.20 Å². The fraction of sp³-hybridized carbons (Fsp3) is 0.333. The predicted octanol–water partition coefficient (Wildman–Crippen LogP) is 6.09. The maximum Gasteiger partial charge on any atom is 0.407 e. The van der Waals surface area contributed by atoms with Crippen LogP contribution < -0.4 is 20.3 Å². The summed E-state index contributed by atoms with van der Waals surface area (Å²) in [5.41, 5.74) is 3.27. The highest BCUT2D eigenvalue weighted by Crippen LogP contribution is 2.31. The number of amides is 1. The number of benzene rings is 2. The Morgan fingerprint density at radius 2 is 1.90 bits per heavy atom. The van der Waals surface area contributed by atoms with Crippen LogP contribution in [0.1, 0.15) is 39.2 Å². The Labute approximate surface area is 239 Å². The molecule has 0 unspecified atom stereocenters. The van der Waals surface area contributed by atoms with Crippen LogP contribution in [-0.2, 0) is 4.74 Å². The molecule has 11 heteroatoms. The van der Waals surface area contributed by atoms with Crippen LogP contribution in [0.15, 0.2) is 60.0 Å². The van der Waals surface area contributed by atoms with Crippen LogP contribution in [0.3, 0.4) is 0 Å². The predicted molar refractivity (Wildman–Crippen MR) is 160 cm³/mol. The smallest absolute Gasteiger partial charge is 0.407 e. The Morgan fingerprint density at radius 3 is 2.63 bits per heavy atom. The fourth-order valence-electron chi connectivity index (χ4n) is 4.54. The molecule has 2 aromatic heterocycles. The molecule has 1 aliphatic rings. The third-order valence-corrected chi connectivity index (χ3v) is 6.53. The van der Waals surface area contributed by atoms with E-state index in [-0.39, 0.29) is 12.1 Å². The van der Waals surface area contributed by atoms with Crippen LogP contribution in [0, 0.1) is 6.92 Å². The molecule has 5 rings (SSSR count). The zero-order valence-electron chi connectivity index (χ0n) is 23.7. The monoisotopic (exact) mass is 554 g/mol. The van der Waals surface area contributed by atoms with Crippen molar-refractivity contribution < 1.29 is 14.3 Å². The molecule has 1 aliphatic heterocycles. The Bertz CT molecular complexity index is 1560. The largest absolute Gasteiger partial charge is 0.457 e. The third-order valence-electron chi connectivity index (χ3n) is 6.53. The van der Waals surface area contributed by atoms with Gasteiger partial charge in [0.05, 0.1) is 11.9 Å². The van der Waals surface area contributed by atoms with E-state index in [0.29, 0.717) is 41.6 Å². The summed E-state index contributed by atoms with van der Waals surface area (Å²) in [5.74, 6) is 2.60. The molecule has 212 valence electrons. The number of hydrogen-bond donors (Lipinski definition) is 2. The number of nitrogens with zero attached hydrogens (tertiary/aromatic N) is 6. The van der Waals surface area contributed by atoms with Crippen molar-refractivity contribution in [2.75, 3.05) is 23.3 Å². The van der Waals surface area contributed by atoms with Crippen molar-refractivity contribution in [3.8, 4) is 11.5 Å². The highest BCUT2D eigenvalue weighted by atomic mass is 16.6. The SMILES string of the molecule is C=Nc1cccc(Oc2ccc(Nc3ncnc4cnc(N5CCC(NC(=O)OC(C)(C)C)CC5)nc34)cc2C)c1. The average molecular weight is 555 g/mol. The first kappa shape index (κ1) is 27.8. The molecule has 41 heavy (non-hydrogen) atoms. The maximum atomic E-state index is 12.2. The number of nitrogens with one attached hydrogen (secondary N) is 2. The lowest BCUT2D eigenvalue weighted by molar-refractivity contribution is 0.0497. The summed E-state index contributed by atoms with van der Waals surface area (Å²) in [7, 11) is 0. The number of carbonyl (C=O) groups is 1. The summed E-state index contributed by atoms with van der Waals surface area (Å²) in [5, 5.41) is 6.34. The minimum absolute atomic E-state index is 0.0416. The molecule has 1 amide bonds. The van der Waals surface area contributed by atoms with Gasteiger partial charge in [-0.1, -0.05) is 6.07 Å². The molecule has 3 heterocycles. The molecule has 2 N–H and O–H groups in total. The number of fused-ring (bicyclic) bond motifs is 1. The van der Waals surface area contributed by atoms with E-state index in [9.17, 15) is 4.79 Å². The van der Waals surface area contributed by atoms with Gasteiger partial charge in [0.15, 0.2) is 5.82 Å². The van der Waals surface area contributed by atoms with Crippen LogP contribution in [0.5, 0.6) is 11.5 Å². The summed E-state index contributed by atoms with van der Waals surface area (Å²) >= 11 is 0. The molecular weight excluding hydrogens is 520 g/mol. The molecule has 0 radical (unpaired) electrons. The summed E-state index contributed by atoms with van der Waals surface area (Å²) in [6.07, 6.45) is 4.34. The van der Waals surface area contributed by atoms with Crippen LogP contribution in [-0.4, -0.2) is 57.5 Å². The molecule has 0 aliphatic carbocycles. The van der Waals surface area contributed by atoms with Gasteiger partial charge < -0.3 is 25.0 Å². The number of aliphatic imine (C=N–C) groups is 1. The van der Waals surface area contributed by atoms with Crippen molar-refractivity contribution in [3.63, 3.8) is 0 Å². The second-order valence-electron chi connectivity index (χ2n) is 10.9.